The van der Waals surface area contributed by atoms with E-state index in [2.05, 4.69) is 4.99 Å². The summed E-state index contributed by atoms with van der Waals surface area (Å²) in [6.45, 7) is 0.128. The van der Waals surface area contributed by atoms with E-state index < -0.39 is 5.54 Å². The Hall–Kier alpha value is -2.46. The highest BCUT2D eigenvalue weighted by atomic mass is 16.2. The quantitative estimate of drug-likeness (QED) is 0.609. The third-order valence-electron chi connectivity index (χ3n) is 4.07. The zero-order chi connectivity index (χ0) is 15.0. The van der Waals surface area contributed by atoms with Crippen LogP contribution in [0.4, 0.5) is 5.69 Å². The number of carbonyl (C=O) groups is 2. The number of piperazine rings is 1. The van der Waals surface area contributed by atoms with Crippen molar-refractivity contribution in [2.75, 3.05) is 25.0 Å². The summed E-state index contributed by atoms with van der Waals surface area (Å²) >= 11 is 0. The molecule has 1 heterocycles. The number of aliphatic imine (C=N–C) groups is 1. The molecule has 6 heteroatoms. The fraction of sp³-hybridized carbons (Fsp3) is 0.400. The Kier molecular flexibility index (Phi) is 3.11. The second-order valence-corrected chi connectivity index (χ2v) is 5.51. The van der Waals surface area contributed by atoms with Gasteiger partial charge >= 0.3 is 0 Å². The van der Waals surface area contributed by atoms with Crippen LogP contribution in [-0.4, -0.2) is 42.9 Å². The van der Waals surface area contributed by atoms with E-state index in [9.17, 15) is 14.4 Å². The first-order valence-electron chi connectivity index (χ1n) is 6.80. The van der Waals surface area contributed by atoms with E-state index in [0.717, 1.165) is 18.4 Å². The van der Waals surface area contributed by atoms with Gasteiger partial charge in [0.1, 0.15) is 6.54 Å². The van der Waals surface area contributed by atoms with Crippen molar-refractivity contribution in [2.24, 2.45) is 4.99 Å². The number of hydrogen-bond acceptors (Lipinski definition) is 4. The molecule has 0 spiro atoms. The maximum atomic E-state index is 12.1. The van der Waals surface area contributed by atoms with Crippen molar-refractivity contribution in [1.82, 2.24) is 4.90 Å². The van der Waals surface area contributed by atoms with Gasteiger partial charge in [-0.15, -0.1) is 0 Å². The molecule has 1 aromatic rings. The minimum absolute atomic E-state index is 0.0444. The lowest BCUT2D eigenvalue weighted by Gasteiger charge is -2.32. The first-order chi connectivity index (χ1) is 10.1. The van der Waals surface area contributed by atoms with Gasteiger partial charge in [-0.05, 0) is 30.5 Å². The number of benzene rings is 1. The van der Waals surface area contributed by atoms with E-state index in [4.69, 9.17) is 0 Å². The Bertz CT molecular complexity index is 660. The van der Waals surface area contributed by atoms with Crippen LogP contribution in [0.25, 0.3) is 0 Å². The predicted molar refractivity (Wildman–Crippen MR) is 75.5 cm³/mol. The second kappa shape index (κ2) is 4.82. The van der Waals surface area contributed by atoms with Crippen LogP contribution in [0, 0.1) is 0 Å². The van der Waals surface area contributed by atoms with Crippen molar-refractivity contribution in [3.8, 4) is 0 Å². The smallest absolute Gasteiger partial charge is 0.247 e. The number of amides is 2. The minimum atomic E-state index is -0.475. The monoisotopic (exact) mass is 285 g/mol. The average Bonchev–Trinajstić information content (AvgIpc) is 3.24. The van der Waals surface area contributed by atoms with Crippen molar-refractivity contribution in [3.63, 3.8) is 0 Å². The molecule has 0 atom stereocenters. The first kappa shape index (κ1) is 13.5. The molecule has 0 bridgehead atoms. The third-order valence-corrected chi connectivity index (χ3v) is 4.07. The molecule has 21 heavy (non-hydrogen) atoms. The second-order valence-electron chi connectivity index (χ2n) is 5.51. The van der Waals surface area contributed by atoms with Gasteiger partial charge in [-0.3, -0.25) is 9.59 Å². The summed E-state index contributed by atoms with van der Waals surface area (Å²) in [7, 11) is 1.62. The maximum Gasteiger partial charge on any atom is 0.247 e. The molecule has 2 fully saturated rings. The lowest BCUT2D eigenvalue weighted by molar-refractivity contribution is -0.136. The fourth-order valence-corrected chi connectivity index (χ4v) is 2.59. The van der Waals surface area contributed by atoms with Crippen molar-refractivity contribution in [2.45, 2.75) is 18.4 Å². The molecule has 0 radical (unpaired) electrons. The van der Waals surface area contributed by atoms with Gasteiger partial charge in [0.05, 0.1) is 12.1 Å². The average molecular weight is 285 g/mol. The van der Waals surface area contributed by atoms with E-state index in [1.807, 2.05) is 18.2 Å². The lowest BCUT2D eigenvalue weighted by atomic mass is 10.0. The summed E-state index contributed by atoms with van der Waals surface area (Å²) in [6, 6.07) is 7.34. The molecule has 0 unspecified atom stereocenters. The molecule has 1 aliphatic carbocycles. The van der Waals surface area contributed by atoms with Crippen molar-refractivity contribution in [1.29, 1.82) is 0 Å². The van der Waals surface area contributed by atoms with Crippen LogP contribution in [0.3, 0.4) is 0 Å². The van der Waals surface area contributed by atoms with Gasteiger partial charge in [0.2, 0.25) is 17.9 Å². The van der Waals surface area contributed by atoms with Gasteiger partial charge in [0, 0.05) is 12.7 Å². The molecule has 1 aromatic carbocycles. The van der Waals surface area contributed by atoms with Crippen molar-refractivity contribution in [3.05, 3.63) is 29.8 Å². The largest absolute Gasteiger partial charge is 0.335 e. The van der Waals surface area contributed by atoms with Gasteiger partial charge in [-0.1, -0.05) is 12.1 Å². The summed E-state index contributed by atoms with van der Waals surface area (Å²) in [5.41, 5.74) is 1.09. The highest BCUT2D eigenvalue weighted by Crippen LogP contribution is 2.49. The molecule has 1 aliphatic heterocycles. The molecule has 108 valence electrons. The lowest BCUT2D eigenvalue weighted by Crippen LogP contribution is -2.52. The van der Waals surface area contributed by atoms with Crippen LogP contribution >= 0.6 is 0 Å². The summed E-state index contributed by atoms with van der Waals surface area (Å²) < 4.78 is 0. The first-order valence-corrected chi connectivity index (χ1v) is 6.80. The summed E-state index contributed by atoms with van der Waals surface area (Å²) in [4.78, 5) is 41.2. The Labute approximate surface area is 122 Å². The molecule has 1 saturated carbocycles. The van der Waals surface area contributed by atoms with Gasteiger partial charge in [-0.2, -0.15) is 4.99 Å². The Morgan fingerprint density at radius 3 is 2.62 bits per heavy atom. The number of carbonyl (C=O) groups excluding carboxylic acids is 3. The van der Waals surface area contributed by atoms with Crippen LogP contribution in [0.5, 0.6) is 0 Å². The third kappa shape index (κ3) is 2.34. The Balaban J connectivity index is 1.92. The molecule has 2 aliphatic rings. The topological polar surface area (TPSA) is 70.1 Å². The number of anilines is 1. The zero-order valence-electron chi connectivity index (χ0n) is 11.7. The Morgan fingerprint density at radius 2 is 1.95 bits per heavy atom. The van der Waals surface area contributed by atoms with E-state index in [1.165, 1.54) is 9.80 Å². The predicted octanol–water partition coefficient (Wildman–Crippen LogP) is 0.817. The van der Waals surface area contributed by atoms with E-state index in [1.54, 1.807) is 19.2 Å². The summed E-state index contributed by atoms with van der Waals surface area (Å²) in [6.07, 6.45) is 3.24. The van der Waals surface area contributed by atoms with Crippen LogP contribution < -0.4 is 4.90 Å². The fourth-order valence-electron chi connectivity index (χ4n) is 2.59. The van der Waals surface area contributed by atoms with Gasteiger partial charge in [0.15, 0.2) is 0 Å². The molecule has 0 aromatic heterocycles. The molecule has 0 N–H and O–H groups in total. The van der Waals surface area contributed by atoms with E-state index in [-0.39, 0.29) is 24.9 Å². The molecule has 1 saturated heterocycles. The van der Waals surface area contributed by atoms with E-state index in [0.29, 0.717) is 5.69 Å². The highest BCUT2D eigenvalue weighted by molar-refractivity contribution is 6.04. The standard InChI is InChI=1S/C15H15N3O3/c1-17-8-14(21)18(9-13(17)20)12-4-2-3-11(7-12)15(5-6-15)16-10-19/h2-4,7H,5-6,8-9H2,1H3. The summed E-state index contributed by atoms with van der Waals surface area (Å²) in [5.74, 6) is -0.204. The molecular weight excluding hydrogens is 270 g/mol. The number of rotatable bonds is 3. The van der Waals surface area contributed by atoms with Crippen LogP contribution in [0.1, 0.15) is 18.4 Å². The van der Waals surface area contributed by atoms with Crippen LogP contribution in [-0.2, 0) is 19.9 Å². The molecular formula is C15H15N3O3. The maximum absolute atomic E-state index is 12.1. The SMILES string of the molecule is CN1CC(=O)N(c2cccc(C3(N=C=O)CC3)c2)CC1=O. The number of nitrogens with zero attached hydrogens (tertiary/aromatic N) is 3. The minimum Gasteiger partial charge on any atom is -0.335 e. The highest BCUT2D eigenvalue weighted by Gasteiger charge is 2.45. The summed E-state index contributed by atoms with van der Waals surface area (Å²) in [5, 5.41) is 0. The number of hydrogen-bond donors (Lipinski definition) is 0. The van der Waals surface area contributed by atoms with Crippen LogP contribution in [0.2, 0.25) is 0 Å². The molecule has 3 rings (SSSR count). The molecule has 6 nitrogen and oxygen atoms in total. The van der Waals surface area contributed by atoms with Gasteiger partial charge in [-0.25, -0.2) is 4.79 Å². The van der Waals surface area contributed by atoms with Crippen molar-refractivity contribution < 1.29 is 14.4 Å². The van der Waals surface area contributed by atoms with Crippen molar-refractivity contribution >= 4 is 23.6 Å². The zero-order valence-corrected chi connectivity index (χ0v) is 11.7. The molecule has 2 amide bonds. The van der Waals surface area contributed by atoms with Gasteiger partial charge < -0.3 is 9.80 Å². The number of isocyanates is 1. The van der Waals surface area contributed by atoms with E-state index >= 15 is 0 Å². The number of likely N-dealkylation sites (N-methyl/N-ethyl adjacent to an activating group) is 1. The van der Waals surface area contributed by atoms with Crippen LogP contribution in [0.15, 0.2) is 29.3 Å². The Morgan fingerprint density at radius 1 is 1.19 bits per heavy atom. The van der Waals surface area contributed by atoms with Gasteiger partial charge in [0.25, 0.3) is 0 Å². The normalized spacial score (nSPS) is 20.2.